The first-order valence-electron chi connectivity index (χ1n) is 8.91. The number of nitrogens with one attached hydrogen (secondary N) is 1. The Morgan fingerprint density at radius 1 is 1.19 bits per heavy atom. The van der Waals surface area contributed by atoms with E-state index < -0.39 is 6.04 Å². The van der Waals surface area contributed by atoms with Crippen molar-refractivity contribution in [2.45, 2.75) is 26.4 Å². The molecule has 1 unspecified atom stereocenters. The molecule has 1 atom stereocenters. The third kappa shape index (κ3) is 5.20. The predicted molar refractivity (Wildman–Crippen MR) is 107 cm³/mol. The van der Waals surface area contributed by atoms with Crippen molar-refractivity contribution in [3.63, 3.8) is 0 Å². The van der Waals surface area contributed by atoms with Crippen molar-refractivity contribution in [1.29, 1.82) is 0 Å². The quantitative estimate of drug-likeness (QED) is 0.820. The molecule has 0 saturated carbocycles. The topological polar surface area (TPSA) is 54.5 Å². The van der Waals surface area contributed by atoms with E-state index in [1.807, 2.05) is 26.1 Å². The van der Waals surface area contributed by atoms with Crippen LogP contribution in [0.3, 0.4) is 0 Å². The van der Waals surface area contributed by atoms with E-state index in [0.717, 1.165) is 22.4 Å². The molecule has 0 aliphatic carbocycles. The number of rotatable bonds is 5. The molecule has 0 bridgehead atoms. The molecule has 27 heavy (non-hydrogen) atoms. The van der Waals surface area contributed by atoms with Crippen LogP contribution in [0.25, 0.3) is 0 Å². The molecule has 0 radical (unpaired) electrons. The first-order valence-corrected chi connectivity index (χ1v) is 9.67. The van der Waals surface area contributed by atoms with Crippen LogP contribution in [0.5, 0.6) is 0 Å². The number of hydrogen-bond donors (Lipinski definition) is 1. The summed E-state index contributed by atoms with van der Waals surface area (Å²) in [7, 11) is 0. The first kappa shape index (κ1) is 20.1. The maximum atomic E-state index is 13.1. The molecule has 3 rings (SSSR count). The van der Waals surface area contributed by atoms with Crippen LogP contribution >= 0.6 is 23.2 Å². The Balaban J connectivity index is 1.81. The molecule has 1 aliphatic heterocycles. The molecule has 2 heterocycles. The van der Waals surface area contributed by atoms with Gasteiger partial charge in [0.05, 0.1) is 13.2 Å². The Morgan fingerprint density at radius 3 is 2.48 bits per heavy atom. The second-order valence-corrected chi connectivity index (χ2v) is 7.60. The standard InChI is InChI=1S/C20H23Cl2N3O2/c1-13-7-14(2)23-11-16(13)12-24-20(26)19(25-3-5-27-6-4-25)15-8-17(21)10-18(22)9-15/h7-11,19H,3-6,12H2,1-2H3,(H,24,26). The maximum absolute atomic E-state index is 13.1. The van der Waals surface area contributed by atoms with Gasteiger partial charge in [0, 0.05) is 41.6 Å². The van der Waals surface area contributed by atoms with Gasteiger partial charge in [-0.2, -0.15) is 0 Å². The van der Waals surface area contributed by atoms with E-state index in [2.05, 4.69) is 15.2 Å². The van der Waals surface area contributed by atoms with Gasteiger partial charge in [0.2, 0.25) is 5.91 Å². The van der Waals surface area contributed by atoms with Crippen LogP contribution in [0.4, 0.5) is 0 Å². The summed E-state index contributed by atoms with van der Waals surface area (Å²) in [5.41, 5.74) is 3.85. The number of amides is 1. The molecule has 2 aromatic rings. The van der Waals surface area contributed by atoms with Gasteiger partial charge in [0.25, 0.3) is 0 Å². The number of carbonyl (C=O) groups is 1. The Hall–Kier alpha value is -1.66. The Morgan fingerprint density at radius 2 is 1.85 bits per heavy atom. The van der Waals surface area contributed by atoms with Crippen LogP contribution in [-0.4, -0.2) is 42.1 Å². The fourth-order valence-electron chi connectivity index (χ4n) is 3.29. The average molecular weight is 408 g/mol. The largest absolute Gasteiger partial charge is 0.379 e. The zero-order valence-electron chi connectivity index (χ0n) is 15.5. The highest BCUT2D eigenvalue weighted by Gasteiger charge is 2.29. The summed E-state index contributed by atoms with van der Waals surface area (Å²) in [6.07, 6.45) is 1.81. The minimum Gasteiger partial charge on any atom is -0.379 e. The summed E-state index contributed by atoms with van der Waals surface area (Å²) in [6.45, 7) is 6.94. The molecule has 7 heteroatoms. The Bertz CT molecular complexity index is 803. The summed E-state index contributed by atoms with van der Waals surface area (Å²) in [5.74, 6) is -0.0878. The molecule has 144 valence electrons. The third-order valence-electron chi connectivity index (χ3n) is 4.67. The Labute approximate surface area is 169 Å². The molecule has 1 aromatic carbocycles. The van der Waals surface area contributed by atoms with Crippen LogP contribution in [0.1, 0.15) is 28.4 Å². The number of pyridine rings is 1. The van der Waals surface area contributed by atoms with Crippen molar-refractivity contribution in [3.05, 3.63) is 62.9 Å². The second-order valence-electron chi connectivity index (χ2n) is 6.72. The molecule has 1 fully saturated rings. The number of halogens is 2. The van der Waals surface area contributed by atoms with Crippen LogP contribution in [0.15, 0.2) is 30.5 Å². The van der Waals surface area contributed by atoms with E-state index in [1.54, 1.807) is 18.2 Å². The second kappa shape index (κ2) is 9.02. The fraction of sp³-hybridized carbons (Fsp3) is 0.400. The molecule has 1 aliphatic rings. The normalized spacial score (nSPS) is 16.1. The lowest BCUT2D eigenvalue weighted by atomic mass is 10.0. The number of ether oxygens (including phenoxy) is 1. The number of aromatic nitrogens is 1. The highest BCUT2D eigenvalue weighted by molar-refractivity contribution is 6.34. The Kier molecular flexibility index (Phi) is 6.71. The molecule has 5 nitrogen and oxygen atoms in total. The summed E-state index contributed by atoms with van der Waals surface area (Å²) < 4.78 is 5.44. The van der Waals surface area contributed by atoms with Gasteiger partial charge < -0.3 is 10.1 Å². The lowest BCUT2D eigenvalue weighted by Gasteiger charge is -2.34. The van der Waals surface area contributed by atoms with Gasteiger partial charge >= 0.3 is 0 Å². The van der Waals surface area contributed by atoms with Gasteiger partial charge in [-0.05, 0) is 54.8 Å². The number of aryl methyl sites for hydroxylation is 2. The van der Waals surface area contributed by atoms with Gasteiger partial charge in [-0.1, -0.05) is 23.2 Å². The molecule has 1 saturated heterocycles. The predicted octanol–water partition coefficient (Wildman–Crippen LogP) is 3.69. The van der Waals surface area contributed by atoms with E-state index >= 15 is 0 Å². The number of carbonyl (C=O) groups excluding carboxylic acids is 1. The molecule has 1 aromatic heterocycles. The van der Waals surface area contributed by atoms with Gasteiger partial charge in [0.15, 0.2) is 0 Å². The van der Waals surface area contributed by atoms with Crippen molar-refractivity contribution < 1.29 is 9.53 Å². The monoisotopic (exact) mass is 407 g/mol. The first-order chi connectivity index (χ1) is 12.9. The lowest BCUT2D eigenvalue weighted by Crippen LogP contribution is -2.45. The van der Waals surface area contributed by atoms with Crippen molar-refractivity contribution >= 4 is 29.1 Å². The average Bonchev–Trinajstić information content (AvgIpc) is 2.61. The van der Waals surface area contributed by atoms with Crippen molar-refractivity contribution in [2.24, 2.45) is 0 Å². The van der Waals surface area contributed by atoms with Crippen molar-refractivity contribution in [3.8, 4) is 0 Å². The van der Waals surface area contributed by atoms with Crippen LogP contribution < -0.4 is 5.32 Å². The number of hydrogen-bond acceptors (Lipinski definition) is 4. The molecular weight excluding hydrogens is 385 g/mol. The van der Waals surface area contributed by atoms with E-state index in [9.17, 15) is 4.79 Å². The van der Waals surface area contributed by atoms with Crippen LogP contribution in [0, 0.1) is 13.8 Å². The summed E-state index contributed by atoms with van der Waals surface area (Å²) in [6, 6.07) is 6.81. The van der Waals surface area contributed by atoms with Gasteiger partial charge in [-0.15, -0.1) is 0 Å². The van der Waals surface area contributed by atoms with Crippen LogP contribution in [-0.2, 0) is 16.1 Å². The smallest absolute Gasteiger partial charge is 0.242 e. The minimum atomic E-state index is -0.469. The fourth-order valence-corrected chi connectivity index (χ4v) is 3.83. The summed E-state index contributed by atoms with van der Waals surface area (Å²) >= 11 is 12.4. The number of benzene rings is 1. The van der Waals surface area contributed by atoms with E-state index in [-0.39, 0.29) is 5.91 Å². The molecular formula is C20H23Cl2N3O2. The lowest BCUT2D eigenvalue weighted by molar-refractivity contribution is -0.128. The highest BCUT2D eigenvalue weighted by atomic mass is 35.5. The summed E-state index contributed by atoms with van der Waals surface area (Å²) in [5, 5.41) is 4.08. The molecule has 1 N–H and O–H groups in total. The van der Waals surface area contributed by atoms with Crippen LogP contribution in [0.2, 0.25) is 10.0 Å². The van der Waals surface area contributed by atoms with E-state index in [4.69, 9.17) is 27.9 Å². The number of nitrogens with zero attached hydrogens (tertiary/aromatic N) is 2. The van der Waals surface area contributed by atoms with Gasteiger partial charge in [-0.3, -0.25) is 14.7 Å². The number of morpholine rings is 1. The minimum absolute atomic E-state index is 0.0878. The molecule has 0 spiro atoms. The van der Waals surface area contributed by atoms with E-state index in [0.29, 0.717) is 42.9 Å². The SMILES string of the molecule is Cc1cc(C)c(CNC(=O)C(c2cc(Cl)cc(Cl)c2)N2CCOCC2)cn1. The zero-order chi connectivity index (χ0) is 19.4. The third-order valence-corrected chi connectivity index (χ3v) is 5.11. The maximum Gasteiger partial charge on any atom is 0.242 e. The van der Waals surface area contributed by atoms with Crippen molar-refractivity contribution in [1.82, 2.24) is 15.2 Å². The zero-order valence-corrected chi connectivity index (χ0v) is 17.0. The van der Waals surface area contributed by atoms with Gasteiger partial charge in [0.1, 0.15) is 6.04 Å². The van der Waals surface area contributed by atoms with Gasteiger partial charge in [-0.25, -0.2) is 0 Å². The highest BCUT2D eigenvalue weighted by Crippen LogP contribution is 2.28. The molecule has 1 amide bonds. The van der Waals surface area contributed by atoms with E-state index in [1.165, 1.54) is 0 Å². The summed E-state index contributed by atoms with van der Waals surface area (Å²) in [4.78, 5) is 19.5. The van der Waals surface area contributed by atoms with Crippen molar-refractivity contribution in [2.75, 3.05) is 26.3 Å².